The lowest BCUT2D eigenvalue weighted by Gasteiger charge is -2.01. The van der Waals surface area contributed by atoms with Gasteiger partial charge in [0.05, 0.1) is 4.90 Å². The predicted octanol–water partition coefficient (Wildman–Crippen LogP) is 2.68. The minimum atomic E-state index is -3.44. The van der Waals surface area contributed by atoms with Gasteiger partial charge >= 0.3 is 0 Å². The first-order valence-electron chi connectivity index (χ1n) is 5.85. The second kappa shape index (κ2) is 4.72. The fourth-order valence-corrected chi connectivity index (χ4v) is 3.13. The molecule has 7 heteroatoms. The molecule has 1 heterocycles. The average molecular weight is 343 g/mol. The van der Waals surface area contributed by atoms with Crippen molar-refractivity contribution >= 4 is 25.8 Å². The van der Waals surface area contributed by atoms with E-state index >= 15 is 0 Å². The molecule has 0 saturated heterocycles. The third-order valence-electron chi connectivity index (χ3n) is 2.90. The molecule has 0 N–H and O–H groups in total. The summed E-state index contributed by atoms with van der Waals surface area (Å²) in [5.41, 5.74) is 0. The minimum absolute atomic E-state index is 0.157. The monoisotopic (exact) mass is 342 g/mol. The number of benzene rings is 1. The number of aromatic nitrogens is 2. The van der Waals surface area contributed by atoms with Crippen LogP contribution in [-0.4, -0.2) is 18.6 Å². The highest BCUT2D eigenvalue weighted by Gasteiger charge is 2.30. The van der Waals surface area contributed by atoms with Crippen LogP contribution < -0.4 is 0 Å². The average Bonchev–Trinajstić information content (AvgIpc) is 3.11. The molecule has 0 radical (unpaired) electrons. The van der Waals surface area contributed by atoms with E-state index in [2.05, 4.69) is 26.1 Å². The van der Waals surface area contributed by atoms with Crippen molar-refractivity contribution in [1.82, 2.24) is 10.2 Å². The van der Waals surface area contributed by atoms with E-state index in [1.54, 1.807) is 24.3 Å². The third-order valence-corrected chi connectivity index (χ3v) is 5.04. The van der Waals surface area contributed by atoms with E-state index in [4.69, 9.17) is 4.42 Å². The summed E-state index contributed by atoms with van der Waals surface area (Å²) in [6, 6.07) is 6.49. The van der Waals surface area contributed by atoms with E-state index in [1.165, 1.54) is 0 Å². The lowest BCUT2D eigenvalue weighted by Crippen LogP contribution is -2.05. The number of halogens is 1. The topological polar surface area (TPSA) is 73.1 Å². The van der Waals surface area contributed by atoms with E-state index in [1.807, 2.05) is 0 Å². The van der Waals surface area contributed by atoms with Crippen LogP contribution in [0.1, 0.15) is 30.5 Å². The molecule has 0 atom stereocenters. The van der Waals surface area contributed by atoms with Gasteiger partial charge in [0.2, 0.25) is 11.8 Å². The Labute approximate surface area is 119 Å². The molecule has 3 rings (SSSR count). The van der Waals surface area contributed by atoms with Gasteiger partial charge < -0.3 is 4.42 Å². The summed E-state index contributed by atoms with van der Waals surface area (Å²) in [7, 11) is -3.44. The molecular weight excluding hydrogens is 332 g/mol. The highest BCUT2D eigenvalue weighted by molar-refractivity contribution is 9.10. The second-order valence-corrected chi connectivity index (χ2v) is 7.43. The Morgan fingerprint density at radius 3 is 2.53 bits per heavy atom. The van der Waals surface area contributed by atoms with Crippen LogP contribution in [0.5, 0.6) is 0 Å². The number of hydrogen-bond acceptors (Lipinski definition) is 5. The van der Waals surface area contributed by atoms with Crippen LogP contribution >= 0.6 is 15.9 Å². The van der Waals surface area contributed by atoms with Gasteiger partial charge in [-0.3, -0.25) is 0 Å². The lowest BCUT2D eigenvalue weighted by molar-refractivity contribution is 0.462. The zero-order chi connectivity index (χ0) is 13.5. The highest BCUT2D eigenvalue weighted by Crippen LogP contribution is 2.39. The van der Waals surface area contributed by atoms with Gasteiger partial charge in [-0.1, -0.05) is 15.9 Å². The van der Waals surface area contributed by atoms with Gasteiger partial charge in [-0.2, -0.15) is 0 Å². The van der Waals surface area contributed by atoms with Crippen LogP contribution in [0, 0.1) is 0 Å². The van der Waals surface area contributed by atoms with Gasteiger partial charge in [-0.15, -0.1) is 10.2 Å². The highest BCUT2D eigenvalue weighted by atomic mass is 79.9. The molecule has 100 valence electrons. The summed E-state index contributed by atoms with van der Waals surface area (Å²) in [6.45, 7) is 0. The van der Waals surface area contributed by atoms with E-state index in [0.717, 1.165) is 17.3 Å². The molecule has 0 aliphatic heterocycles. The first-order chi connectivity index (χ1) is 9.04. The zero-order valence-corrected chi connectivity index (χ0v) is 12.3. The van der Waals surface area contributed by atoms with E-state index in [0.29, 0.717) is 11.8 Å². The van der Waals surface area contributed by atoms with Crippen molar-refractivity contribution in [3.8, 4) is 0 Å². The molecule has 1 aromatic carbocycles. The first-order valence-corrected chi connectivity index (χ1v) is 8.30. The van der Waals surface area contributed by atoms with Crippen molar-refractivity contribution in [3.05, 3.63) is 40.5 Å². The van der Waals surface area contributed by atoms with Gasteiger partial charge in [-0.05, 0) is 37.1 Å². The Bertz CT molecular complexity index is 690. The van der Waals surface area contributed by atoms with Gasteiger partial charge in [0.25, 0.3) is 0 Å². The summed E-state index contributed by atoms with van der Waals surface area (Å²) in [4.78, 5) is 0.252. The second-order valence-electron chi connectivity index (χ2n) is 4.52. The van der Waals surface area contributed by atoms with Crippen LogP contribution in [0.25, 0.3) is 0 Å². The predicted molar refractivity (Wildman–Crippen MR) is 71.3 cm³/mol. The molecule has 1 aliphatic rings. The molecule has 0 unspecified atom stereocenters. The first kappa shape index (κ1) is 12.8. The van der Waals surface area contributed by atoms with Gasteiger partial charge in [0, 0.05) is 10.4 Å². The molecular formula is C12H11BrN2O3S. The van der Waals surface area contributed by atoms with E-state index < -0.39 is 9.84 Å². The lowest BCUT2D eigenvalue weighted by atomic mass is 10.4. The van der Waals surface area contributed by atoms with Crippen LogP contribution in [0.2, 0.25) is 0 Å². The van der Waals surface area contributed by atoms with Crippen molar-refractivity contribution in [1.29, 1.82) is 0 Å². The Kier molecular flexibility index (Phi) is 3.18. The van der Waals surface area contributed by atoms with Crippen molar-refractivity contribution in [2.75, 3.05) is 0 Å². The standard InChI is InChI=1S/C12H11BrN2O3S/c13-9-3-5-10(6-4-9)19(16,17)7-11-14-15-12(18-11)8-1-2-8/h3-6,8H,1-2,7H2. The fourth-order valence-electron chi connectivity index (χ4n) is 1.71. The maximum atomic E-state index is 12.2. The van der Waals surface area contributed by atoms with Crippen molar-refractivity contribution in [3.63, 3.8) is 0 Å². The molecule has 1 aromatic heterocycles. The summed E-state index contributed by atoms with van der Waals surface area (Å²) < 4.78 is 30.5. The molecule has 19 heavy (non-hydrogen) atoms. The molecule has 1 aliphatic carbocycles. The molecule has 0 bridgehead atoms. The van der Waals surface area contributed by atoms with Crippen LogP contribution in [-0.2, 0) is 15.6 Å². The van der Waals surface area contributed by atoms with Crippen LogP contribution in [0.4, 0.5) is 0 Å². The smallest absolute Gasteiger partial charge is 0.231 e. The molecule has 2 aromatic rings. The molecule has 5 nitrogen and oxygen atoms in total. The quantitative estimate of drug-likeness (QED) is 0.853. The summed E-state index contributed by atoms with van der Waals surface area (Å²) in [5, 5.41) is 7.68. The van der Waals surface area contributed by atoms with Gasteiger partial charge in [-0.25, -0.2) is 8.42 Å². The Morgan fingerprint density at radius 1 is 1.21 bits per heavy atom. The Balaban J connectivity index is 1.81. The number of rotatable bonds is 4. The summed E-state index contributed by atoms with van der Waals surface area (Å²) in [6.07, 6.45) is 2.09. The van der Waals surface area contributed by atoms with Crippen LogP contribution in [0.3, 0.4) is 0 Å². The molecule has 1 fully saturated rings. The van der Waals surface area contributed by atoms with Gasteiger partial charge in [0.1, 0.15) is 5.75 Å². The Hall–Kier alpha value is -1.21. The normalized spacial score (nSPS) is 15.6. The van der Waals surface area contributed by atoms with Crippen molar-refractivity contribution in [2.24, 2.45) is 0 Å². The number of nitrogens with zero attached hydrogens (tertiary/aromatic N) is 2. The zero-order valence-electron chi connectivity index (χ0n) is 9.91. The summed E-state index contributed by atoms with van der Waals surface area (Å²) >= 11 is 3.27. The third kappa shape index (κ3) is 2.87. The SMILES string of the molecule is O=S(=O)(Cc1nnc(C2CC2)o1)c1ccc(Br)cc1. The molecule has 0 amide bonds. The van der Waals surface area contributed by atoms with Gasteiger partial charge in [0.15, 0.2) is 9.84 Å². The largest absolute Gasteiger partial charge is 0.424 e. The molecule has 1 saturated carbocycles. The van der Waals surface area contributed by atoms with Crippen molar-refractivity contribution < 1.29 is 12.8 Å². The number of hydrogen-bond donors (Lipinski definition) is 0. The molecule has 0 spiro atoms. The minimum Gasteiger partial charge on any atom is -0.424 e. The Morgan fingerprint density at radius 2 is 1.89 bits per heavy atom. The maximum Gasteiger partial charge on any atom is 0.231 e. The van der Waals surface area contributed by atoms with Crippen molar-refractivity contribution in [2.45, 2.75) is 29.4 Å². The number of sulfone groups is 1. The van der Waals surface area contributed by atoms with Crippen LogP contribution in [0.15, 0.2) is 38.1 Å². The fraction of sp³-hybridized carbons (Fsp3) is 0.333. The van der Waals surface area contributed by atoms with E-state index in [-0.39, 0.29) is 16.5 Å². The maximum absolute atomic E-state index is 12.2. The van der Waals surface area contributed by atoms with E-state index in [9.17, 15) is 8.42 Å². The summed E-state index contributed by atoms with van der Waals surface area (Å²) in [5.74, 6) is 0.788.